The lowest BCUT2D eigenvalue weighted by Gasteiger charge is -2.16. The molecule has 1 saturated heterocycles. The zero-order valence-corrected chi connectivity index (χ0v) is 14.9. The van der Waals surface area contributed by atoms with Gasteiger partial charge >= 0.3 is 0 Å². The van der Waals surface area contributed by atoms with Crippen molar-refractivity contribution >= 4 is 11.8 Å². The molecule has 0 aliphatic carbocycles. The molecule has 1 heterocycles. The minimum Gasteiger partial charge on any atom is -0.494 e. The first-order valence-electron chi connectivity index (χ1n) is 8.76. The van der Waals surface area contributed by atoms with Crippen molar-refractivity contribution in [2.24, 2.45) is 5.92 Å². The summed E-state index contributed by atoms with van der Waals surface area (Å²) >= 11 is 0. The second kappa shape index (κ2) is 8.71. The van der Waals surface area contributed by atoms with Crippen LogP contribution in [0.1, 0.15) is 37.3 Å². The molecule has 24 heavy (non-hydrogen) atoms. The molecule has 1 fully saturated rings. The number of benzene rings is 1. The highest BCUT2D eigenvalue weighted by atomic mass is 16.5. The van der Waals surface area contributed by atoms with Crippen molar-refractivity contribution in [3.8, 4) is 5.75 Å². The Hall–Kier alpha value is -2.04. The van der Waals surface area contributed by atoms with Crippen LogP contribution < -0.4 is 10.1 Å². The van der Waals surface area contributed by atoms with Gasteiger partial charge in [0.15, 0.2) is 0 Å². The van der Waals surface area contributed by atoms with E-state index in [9.17, 15) is 9.59 Å². The third-order valence-electron chi connectivity index (χ3n) is 4.55. The SMILES string of the molecule is CCOc1ccc(CCCC(=O)N2CC[C@@H](C(=O)NC)C2)cc1C. The predicted molar refractivity (Wildman–Crippen MR) is 94.0 cm³/mol. The van der Waals surface area contributed by atoms with Crippen LogP contribution in [0.3, 0.4) is 0 Å². The number of likely N-dealkylation sites (tertiary alicyclic amines) is 1. The minimum absolute atomic E-state index is 0.0372. The summed E-state index contributed by atoms with van der Waals surface area (Å²) in [5.41, 5.74) is 2.36. The summed E-state index contributed by atoms with van der Waals surface area (Å²) in [4.78, 5) is 25.7. The van der Waals surface area contributed by atoms with Crippen LogP contribution in [0.25, 0.3) is 0 Å². The van der Waals surface area contributed by atoms with Gasteiger partial charge in [-0.1, -0.05) is 12.1 Å². The van der Waals surface area contributed by atoms with Crippen molar-refractivity contribution in [1.29, 1.82) is 0 Å². The summed E-state index contributed by atoms with van der Waals surface area (Å²) in [6.45, 7) is 5.94. The molecule has 1 aliphatic rings. The van der Waals surface area contributed by atoms with Gasteiger partial charge in [0.1, 0.15) is 5.75 Å². The zero-order chi connectivity index (χ0) is 17.5. The quantitative estimate of drug-likeness (QED) is 0.833. The van der Waals surface area contributed by atoms with E-state index in [1.807, 2.05) is 24.8 Å². The van der Waals surface area contributed by atoms with E-state index < -0.39 is 0 Å². The minimum atomic E-state index is -0.0484. The Kier molecular flexibility index (Phi) is 6.64. The molecule has 1 N–H and O–H groups in total. The Morgan fingerprint density at radius 1 is 1.38 bits per heavy atom. The average Bonchev–Trinajstić information content (AvgIpc) is 3.06. The lowest BCUT2D eigenvalue weighted by Crippen LogP contribution is -2.33. The van der Waals surface area contributed by atoms with Gasteiger partial charge in [-0.05, 0) is 50.3 Å². The lowest BCUT2D eigenvalue weighted by atomic mass is 10.0. The number of hydrogen-bond donors (Lipinski definition) is 1. The highest BCUT2D eigenvalue weighted by molar-refractivity contribution is 5.81. The molecule has 0 saturated carbocycles. The third-order valence-corrected chi connectivity index (χ3v) is 4.55. The summed E-state index contributed by atoms with van der Waals surface area (Å²) in [5, 5.41) is 2.66. The van der Waals surface area contributed by atoms with Crippen molar-refractivity contribution in [3.05, 3.63) is 29.3 Å². The number of aryl methyl sites for hydroxylation is 2. The number of nitrogens with zero attached hydrogens (tertiary/aromatic N) is 1. The fraction of sp³-hybridized carbons (Fsp3) is 0.579. The van der Waals surface area contributed by atoms with E-state index in [1.54, 1.807) is 7.05 Å². The first-order valence-corrected chi connectivity index (χ1v) is 8.76. The standard InChI is InChI=1S/C19H28N2O3/c1-4-24-17-9-8-15(12-14(17)2)6-5-7-18(22)21-11-10-16(13-21)19(23)20-3/h8-9,12,16H,4-7,10-11,13H2,1-3H3,(H,20,23)/t16-/m1/s1. The number of ether oxygens (including phenoxy) is 1. The molecule has 2 rings (SSSR count). The fourth-order valence-corrected chi connectivity index (χ4v) is 3.19. The summed E-state index contributed by atoms with van der Waals surface area (Å²) in [6.07, 6.45) is 3.01. The number of nitrogens with one attached hydrogen (secondary N) is 1. The molecule has 132 valence electrons. The van der Waals surface area contributed by atoms with E-state index in [0.29, 0.717) is 26.1 Å². The number of hydrogen-bond acceptors (Lipinski definition) is 3. The van der Waals surface area contributed by atoms with Crippen LogP contribution in [0.2, 0.25) is 0 Å². The van der Waals surface area contributed by atoms with E-state index in [1.165, 1.54) is 5.56 Å². The van der Waals surface area contributed by atoms with E-state index in [0.717, 1.165) is 30.6 Å². The van der Waals surface area contributed by atoms with Gasteiger partial charge in [0.25, 0.3) is 0 Å². The topological polar surface area (TPSA) is 58.6 Å². The smallest absolute Gasteiger partial charge is 0.224 e. The monoisotopic (exact) mass is 332 g/mol. The van der Waals surface area contributed by atoms with Crippen molar-refractivity contribution in [2.75, 3.05) is 26.7 Å². The summed E-state index contributed by atoms with van der Waals surface area (Å²) < 4.78 is 5.55. The maximum absolute atomic E-state index is 12.3. The normalized spacial score (nSPS) is 17.0. The van der Waals surface area contributed by atoms with Gasteiger partial charge in [-0.2, -0.15) is 0 Å². The molecule has 1 aromatic carbocycles. The molecule has 0 unspecified atom stereocenters. The molecule has 2 amide bonds. The Morgan fingerprint density at radius 2 is 2.17 bits per heavy atom. The largest absolute Gasteiger partial charge is 0.494 e. The first-order chi connectivity index (χ1) is 11.5. The number of amides is 2. The van der Waals surface area contributed by atoms with E-state index >= 15 is 0 Å². The highest BCUT2D eigenvalue weighted by Gasteiger charge is 2.29. The molecule has 1 atom stereocenters. The van der Waals surface area contributed by atoms with Gasteiger partial charge in [-0.25, -0.2) is 0 Å². The Balaban J connectivity index is 1.77. The predicted octanol–water partition coefficient (Wildman–Crippen LogP) is 2.31. The Bertz CT molecular complexity index is 586. The van der Waals surface area contributed by atoms with Crippen molar-refractivity contribution in [1.82, 2.24) is 10.2 Å². The molecule has 0 radical (unpaired) electrons. The van der Waals surface area contributed by atoms with Crippen molar-refractivity contribution in [3.63, 3.8) is 0 Å². The molecule has 0 aromatic heterocycles. The van der Waals surface area contributed by atoms with Crippen LogP contribution in [0, 0.1) is 12.8 Å². The molecule has 0 spiro atoms. The molecular weight excluding hydrogens is 304 g/mol. The first kappa shape index (κ1) is 18.3. The van der Waals surface area contributed by atoms with Gasteiger partial charge in [0.05, 0.1) is 12.5 Å². The molecule has 1 aliphatic heterocycles. The number of carbonyl (C=O) groups excluding carboxylic acids is 2. The molecule has 5 heteroatoms. The van der Waals surface area contributed by atoms with E-state index in [4.69, 9.17) is 4.74 Å². The Morgan fingerprint density at radius 3 is 2.83 bits per heavy atom. The highest BCUT2D eigenvalue weighted by Crippen LogP contribution is 2.21. The summed E-state index contributed by atoms with van der Waals surface area (Å²) in [6, 6.07) is 6.21. The van der Waals surface area contributed by atoms with Gasteiger partial charge in [0, 0.05) is 26.6 Å². The third kappa shape index (κ3) is 4.73. The van der Waals surface area contributed by atoms with Crippen LogP contribution in [-0.4, -0.2) is 43.5 Å². The fourth-order valence-electron chi connectivity index (χ4n) is 3.19. The van der Waals surface area contributed by atoms with Crippen molar-refractivity contribution in [2.45, 2.75) is 39.5 Å². The lowest BCUT2D eigenvalue weighted by molar-refractivity contribution is -0.130. The van der Waals surface area contributed by atoms with Crippen molar-refractivity contribution < 1.29 is 14.3 Å². The average molecular weight is 332 g/mol. The maximum atomic E-state index is 12.3. The molecular formula is C19H28N2O3. The maximum Gasteiger partial charge on any atom is 0.224 e. The van der Waals surface area contributed by atoms with Crippen LogP contribution in [0.5, 0.6) is 5.75 Å². The van der Waals surface area contributed by atoms with Crippen LogP contribution in [0.15, 0.2) is 18.2 Å². The van der Waals surface area contributed by atoms with Crippen LogP contribution >= 0.6 is 0 Å². The number of carbonyl (C=O) groups is 2. The molecule has 0 bridgehead atoms. The second-order valence-corrected chi connectivity index (χ2v) is 6.33. The van der Waals surface area contributed by atoms with Crippen LogP contribution in [0.4, 0.5) is 0 Å². The van der Waals surface area contributed by atoms with Gasteiger partial charge in [-0.15, -0.1) is 0 Å². The summed E-state index contributed by atoms with van der Waals surface area (Å²) in [7, 11) is 1.64. The molecule has 1 aromatic rings. The second-order valence-electron chi connectivity index (χ2n) is 6.33. The summed E-state index contributed by atoms with van der Waals surface area (Å²) in [5.74, 6) is 1.07. The van der Waals surface area contributed by atoms with Gasteiger partial charge in [0.2, 0.25) is 11.8 Å². The number of rotatable bonds is 7. The molecule has 5 nitrogen and oxygen atoms in total. The van der Waals surface area contributed by atoms with Gasteiger partial charge in [-0.3, -0.25) is 9.59 Å². The van der Waals surface area contributed by atoms with Crippen LogP contribution in [-0.2, 0) is 16.0 Å². The Labute approximate surface area is 144 Å². The van der Waals surface area contributed by atoms with E-state index in [2.05, 4.69) is 17.4 Å². The van der Waals surface area contributed by atoms with E-state index in [-0.39, 0.29) is 17.7 Å². The van der Waals surface area contributed by atoms with Gasteiger partial charge < -0.3 is 15.0 Å². The zero-order valence-electron chi connectivity index (χ0n) is 14.9.